The smallest absolute Gasteiger partial charge is 0.276 e. The zero-order valence-electron chi connectivity index (χ0n) is 15.5. The highest BCUT2D eigenvalue weighted by molar-refractivity contribution is 7.89. The van der Waals surface area contributed by atoms with E-state index in [4.69, 9.17) is 27.9 Å². The summed E-state index contributed by atoms with van der Waals surface area (Å²) in [5, 5.41) is 4.40. The predicted octanol–water partition coefficient (Wildman–Crippen LogP) is 5.19. The number of benzene rings is 3. The number of aryl methyl sites for hydroxylation is 1. The molecule has 0 bridgehead atoms. The molecule has 0 atom stereocenters. The lowest BCUT2D eigenvalue weighted by atomic mass is 10.2. The van der Waals surface area contributed by atoms with Crippen LogP contribution in [0.3, 0.4) is 0 Å². The lowest BCUT2D eigenvalue weighted by Crippen LogP contribution is -2.18. The first kappa shape index (κ1) is 21.2. The minimum atomic E-state index is -3.75. The lowest BCUT2D eigenvalue weighted by Gasteiger charge is -2.11. The lowest BCUT2D eigenvalue weighted by molar-refractivity contribution is 0.306. The summed E-state index contributed by atoms with van der Waals surface area (Å²) in [5.74, 6) is 0.356. The van der Waals surface area contributed by atoms with Crippen LogP contribution in [-0.2, 0) is 16.6 Å². The third-order valence-corrected chi connectivity index (χ3v) is 5.76. The maximum Gasteiger partial charge on any atom is 0.276 e. The summed E-state index contributed by atoms with van der Waals surface area (Å²) in [6, 6.07) is 19.3. The Morgan fingerprint density at radius 1 is 1.00 bits per heavy atom. The first-order valence-corrected chi connectivity index (χ1v) is 10.9. The second kappa shape index (κ2) is 9.31. The Labute approximate surface area is 180 Å². The summed E-state index contributed by atoms with van der Waals surface area (Å²) in [6.07, 6.45) is 1.32. The topological polar surface area (TPSA) is 67.8 Å². The van der Waals surface area contributed by atoms with Crippen molar-refractivity contribution in [3.05, 3.63) is 93.5 Å². The number of hydrazone groups is 1. The normalized spacial score (nSPS) is 11.6. The Bertz CT molecular complexity index is 1090. The summed E-state index contributed by atoms with van der Waals surface area (Å²) in [7, 11) is -3.75. The molecule has 0 radical (unpaired) electrons. The van der Waals surface area contributed by atoms with Crippen LogP contribution in [0.5, 0.6) is 5.75 Å². The number of ether oxygens (including phenoxy) is 1. The molecule has 0 unspecified atom stereocenters. The molecule has 0 saturated heterocycles. The zero-order valence-corrected chi connectivity index (χ0v) is 17.8. The predicted molar refractivity (Wildman–Crippen MR) is 116 cm³/mol. The average molecular weight is 449 g/mol. The quantitative estimate of drug-likeness (QED) is 0.399. The van der Waals surface area contributed by atoms with Crippen LogP contribution < -0.4 is 9.57 Å². The first-order valence-electron chi connectivity index (χ1n) is 8.62. The SMILES string of the molecule is Cc1ccc(S(=O)(=O)N/N=C\c2cc(Cl)c(OCc3ccccc3)c(Cl)c2)cc1. The van der Waals surface area contributed by atoms with Crippen LogP contribution >= 0.6 is 23.2 Å². The molecule has 0 aliphatic carbocycles. The monoisotopic (exact) mass is 448 g/mol. The second-order valence-electron chi connectivity index (χ2n) is 6.25. The number of nitrogens with zero attached hydrogens (tertiary/aromatic N) is 1. The van der Waals surface area contributed by atoms with Crippen LogP contribution in [0.2, 0.25) is 10.0 Å². The van der Waals surface area contributed by atoms with Gasteiger partial charge in [-0.3, -0.25) is 0 Å². The minimum Gasteiger partial charge on any atom is -0.486 e. The molecule has 1 N–H and O–H groups in total. The van der Waals surface area contributed by atoms with Gasteiger partial charge in [-0.2, -0.15) is 13.5 Å². The van der Waals surface area contributed by atoms with E-state index < -0.39 is 10.0 Å². The van der Waals surface area contributed by atoms with E-state index in [-0.39, 0.29) is 4.90 Å². The van der Waals surface area contributed by atoms with Crippen molar-refractivity contribution in [3.8, 4) is 5.75 Å². The Hall–Kier alpha value is -2.54. The fourth-order valence-corrected chi connectivity index (χ4v) is 3.87. The van der Waals surface area contributed by atoms with Gasteiger partial charge in [0, 0.05) is 0 Å². The highest BCUT2D eigenvalue weighted by atomic mass is 35.5. The van der Waals surface area contributed by atoms with Gasteiger partial charge in [0.15, 0.2) is 5.75 Å². The Balaban J connectivity index is 1.69. The first-order chi connectivity index (χ1) is 13.8. The highest BCUT2D eigenvalue weighted by Crippen LogP contribution is 2.34. The molecule has 8 heteroatoms. The number of nitrogens with one attached hydrogen (secondary N) is 1. The van der Waals surface area contributed by atoms with Gasteiger partial charge < -0.3 is 4.74 Å². The molecular weight excluding hydrogens is 431 g/mol. The molecule has 3 aromatic carbocycles. The number of halogens is 2. The minimum absolute atomic E-state index is 0.126. The molecule has 0 aliphatic heterocycles. The molecular formula is C21H18Cl2N2O3S. The van der Waals surface area contributed by atoms with Crippen LogP contribution in [0.1, 0.15) is 16.7 Å². The summed E-state index contributed by atoms with van der Waals surface area (Å²) < 4.78 is 30.2. The Morgan fingerprint density at radius 2 is 1.62 bits per heavy atom. The average Bonchev–Trinajstić information content (AvgIpc) is 2.68. The summed E-state index contributed by atoms with van der Waals surface area (Å²) >= 11 is 12.5. The van der Waals surface area contributed by atoms with E-state index in [0.29, 0.717) is 28.0 Å². The van der Waals surface area contributed by atoms with Gasteiger partial charge in [0.2, 0.25) is 0 Å². The Kier molecular flexibility index (Phi) is 6.79. The largest absolute Gasteiger partial charge is 0.486 e. The van der Waals surface area contributed by atoms with Crippen LogP contribution in [-0.4, -0.2) is 14.6 Å². The third kappa shape index (κ3) is 5.73. The van der Waals surface area contributed by atoms with Gasteiger partial charge in [0.05, 0.1) is 21.2 Å². The molecule has 0 fully saturated rings. The van der Waals surface area contributed by atoms with Gasteiger partial charge in [-0.25, -0.2) is 4.83 Å². The summed E-state index contributed by atoms with van der Waals surface area (Å²) in [5.41, 5.74) is 2.47. The van der Waals surface area contributed by atoms with Crippen LogP contribution in [0.15, 0.2) is 76.7 Å². The zero-order chi connectivity index (χ0) is 20.9. The molecule has 0 aromatic heterocycles. The molecule has 29 heavy (non-hydrogen) atoms. The van der Waals surface area contributed by atoms with Crippen molar-refractivity contribution in [3.63, 3.8) is 0 Å². The van der Waals surface area contributed by atoms with Gasteiger partial charge in [-0.15, -0.1) is 0 Å². The highest BCUT2D eigenvalue weighted by Gasteiger charge is 2.13. The van der Waals surface area contributed by atoms with Gasteiger partial charge in [-0.05, 0) is 42.3 Å². The molecule has 3 aromatic rings. The number of rotatable bonds is 7. The maximum atomic E-state index is 12.2. The molecule has 150 valence electrons. The molecule has 0 aliphatic rings. The number of sulfonamides is 1. The number of hydrogen-bond acceptors (Lipinski definition) is 4. The van der Waals surface area contributed by atoms with Crippen molar-refractivity contribution in [2.45, 2.75) is 18.4 Å². The van der Waals surface area contributed by atoms with Crippen molar-refractivity contribution in [2.75, 3.05) is 0 Å². The van der Waals surface area contributed by atoms with Crippen LogP contribution in [0, 0.1) is 6.92 Å². The summed E-state index contributed by atoms with van der Waals surface area (Å²) in [4.78, 5) is 2.29. The molecule has 5 nitrogen and oxygen atoms in total. The molecule has 0 saturated carbocycles. The maximum absolute atomic E-state index is 12.2. The van der Waals surface area contributed by atoms with Gasteiger partial charge in [-0.1, -0.05) is 71.2 Å². The standard InChI is InChI=1S/C21H18Cl2N2O3S/c1-15-7-9-18(10-8-15)29(26,27)25-24-13-17-11-19(22)21(20(23)12-17)28-14-16-5-3-2-4-6-16/h2-13,25H,14H2,1H3/b24-13-. The third-order valence-electron chi connectivity index (χ3n) is 3.96. The van der Waals surface area contributed by atoms with Gasteiger partial charge >= 0.3 is 0 Å². The van der Waals surface area contributed by atoms with Crippen molar-refractivity contribution in [1.29, 1.82) is 0 Å². The van der Waals surface area contributed by atoms with E-state index in [9.17, 15) is 8.42 Å². The van der Waals surface area contributed by atoms with E-state index in [1.807, 2.05) is 37.3 Å². The van der Waals surface area contributed by atoms with Gasteiger partial charge in [0.1, 0.15) is 6.61 Å². The number of hydrogen-bond donors (Lipinski definition) is 1. The Morgan fingerprint density at radius 3 is 2.24 bits per heavy atom. The van der Waals surface area contributed by atoms with E-state index in [1.165, 1.54) is 18.3 Å². The summed E-state index contributed by atoms with van der Waals surface area (Å²) in [6.45, 7) is 2.20. The fourth-order valence-electron chi connectivity index (χ4n) is 2.46. The molecule has 3 rings (SSSR count). The molecule has 0 heterocycles. The van der Waals surface area contributed by atoms with Crippen molar-refractivity contribution in [1.82, 2.24) is 4.83 Å². The van der Waals surface area contributed by atoms with Crippen molar-refractivity contribution >= 4 is 39.4 Å². The van der Waals surface area contributed by atoms with E-state index in [1.54, 1.807) is 24.3 Å². The fraction of sp³-hybridized carbons (Fsp3) is 0.0952. The molecule has 0 spiro atoms. The van der Waals surface area contributed by atoms with Crippen LogP contribution in [0.4, 0.5) is 0 Å². The molecule has 0 amide bonds. The van der Waals surface area contributed by atoms with Crippen molar-refractivity contribution < 1.29 is 13.2 Å². The van der Waals surface area contributed by atoms with E-state index in [0.717, 1.165) is 11.1 Å². The van der Waals surface area contributed by atoms with Gasteiger partial charge in [0.25, 0.3) is 10.0 Å². The van der Waals surface area contributed by atoms with E-state index in [2.05, 4.69) is 9.93 Å². The van der Waals surface area contributed by atoms with Crippen molar-refractivity contribution in [2.24, 2.45) is 5.10 Å². The van der Waals surface area contributed by atoms with E-state index >= 15 is 0 Å². The van der Waals surface area contributed by atoms with Crippen LogP contribution in [0.25, 0.3) is 0 Å². The second-order valence-corrected chi connectivity index (χ2v) is 8.73.